The number of hydrogen-bond donors (Lipinski definition) is 1. The summed E-state index contributed by atoms with van der Waals surface area (Å²) in [5.41, 5.74) is 1.76. The van der Waals surface area contributed by atoms with Gasteiger partial charge in [-0.2, -0.15) is 0 Å². The molecule has 16 heavy (non-hydrogen) atoms. The van der Waals surface area contributed by atoms with Gasteiger partial charge >= 0.3 is 0 Å². The van der Waals surface area contributed by atoms with Crippen molar-refractivity contribution in [1.82, 2.24) is 19.9 Å². The second kappa shape index (κ2) is 4.80. The highest BCUT2D eigenvalue weighted by Gasteiger charge is 2.06. The van der Waals surface area contributed by atoms with Gasteiger partial charge in [-0.3, -0.25) is 0 Å². The van der Waals surface area contributed by atoms with Crippen LogP contribution in [0.3, 0.4) is 0 Å². The van der Waals surface area contributed by atoms with Crippen LogP contribution in [0.5, 0.6) is 0 Å². The Kier molecular flexibility index (Phi) is 3.40. The van der Waals surface area contributed by atoms with E-state index in [9.17, 15) is 0 Å². The summed E-state index contributed by atoms with van der Waals surface area (Å²) in [4.78, 5) is 15.5. The van der Waals surface area contributed by atoms with Gasteiger partial charge in [0.1, 0.15) is 16.7 Å². The fourth-order valence-corrected chi connectivity index (χ4v) is 1.98. The van der Waals surface area contributed by atoms with Gasteiger partial charge < -0.3 is 4.98 Å². The van der Waals surface area contributed by atoms with Gasteiger partial charge in [-0.25, -0.2) is 15.0 Å². The monoisotopic (exact) mass is 296 g/mol. The molecule has 0 fully saturated rings. The molecule has 0 unspecified atom stereocenters. The molecule has 6 heteroatoms. The third-order valence-electron chi connectivity index (χ3n) is 2.11. The molecule has 0 aliphatic rings. The number of rotatable bonds is 2. The minimum atomic E-state index is 0.546. The summed E-state index contributed by atoms with van der Waals surface area (Å²) in [6, 6.07) is 1.79. The Morgan fingerprint density at radius 2 is 2.31 bits per heavy atom. The molecule has 4 nitrogen and oxygen atoms in total. The van der Waals surface area contributed by atoms with Crippen LogP contribution in [-0.4, -0.2) is 19.9 Å². The van der Waals surface area contributed by atoms with E-state index in [-0.39, 0.29) is 0 Å². The number of aromatic nitrogens is 4. The number of aromatic amines is 1. The van der Waals surface area contributed by atoms with Crippen molar-refractivity contribution in [2.24, 2.45) is 0 Å². The van der Waals surface area contributed by atoms with Crippen LogP contribution in [0.25, 0.3) is 11.5 Å². The maximum Gasteiger partial charge on any atom is 0.158 e. The van der Waals surface area contributed by atoms with E-state index in [0.29, 0.717) is 10.5 Å². The minimum absolute atomic E-state index is 0.546. The van der Waals surface area contributed by atoms with Gasteiger partial charge in [0.2, 0.25) is 0 Å². The Labute approximate surface area is 106 Å². The molecule has 2 heterocycles. The van der Waals surface area contributed by atoms with E-state index in [0.717, 1.165) is 22.3 Å². The zero-order valence-corrected chi connectivity index (χ0v) is 11.0. The molecule has 0 aliphatic carbocycles. The molecule has 2 aromatic rings. The summed E-state index contributed by atoms with van der Waals surface area (Å²) in [7, 11) is 0. The molecule has 1 N–H and O–H groups in total. The Hall–Kier alpha value is -1.14. The minimum Gasteiger partial charge on any atom is -0.341 e. The number of nitrogens with one attached hydrogen (secondary N) is 1. The Balaban J connectivity index is 2.60. The van der Waals surface area contributed by atoms with Gasteiger partial charge in [0, 0.05) is 11.9 Å². The highest BCUT2D eigenvalue weighted by Crippen LogP contribution is 2.19. The first-order valence-corrected chi connectivity index (χ1v) is 5.97. The Bertz CT molecular complexity index is 552. The molecule has 0 aromatic carbocycles. The lowest BCUT2D eigenvalue weighted by Gasteiger charge is -2.05. The van der Waals surface area contributed by atoms with E-state index in [1.54, 1.807) is 12.3 Å². The van der Waals surface area contributed by atoms with Crippen molar-refractivity contribution in [3.05, 3.63) is 33.4 Å². The largest absolute Gasteiger partial charge is 0.341 e. The predicted octanol–water partition coefficient (Wildman–Crippen LogP) is 2.92. The number of aryl methyl sites for hydroxylation is 1. The molecule has 0 bridgehead atoms. The van der Waals surface area contributed by atoms with Crippen molar-refractivity contribution in [3.63, 3.8) is 0 Å². The van der Waals surface area contributed by atoms with Crippen molar-refractivity contribution in [2.45, 2.75) is 13.3 Å². The molecule has 82 valence electrons. The molecule has 0 saturated carbocycles. The summed E-state index contributed by atoms with van der Waals surface area (Å²) in [5, 5.41) is 0. The van der Waals surface area contributed by atoms with Crippen LogP contribution in [0.2, 0.25) is 0 Å². The molecule has 0 saturated heterocycles. The number of halogens is 1. The highest BCUT2D eigenvalue weighted by atomic mass is 79.9. The summed E-state index contributed by atoms with van der Waals surface area (Å²) < 4.78 is 1.40. The highest BCUT2D eigenvalue weighted by molar-refractivity contribution is 9.10. The number of nitrogens with zero attached hydrogens (tertiary/aromatic N) is 3. The van der Waals surface area contributed by atoms with Crippen molar-refractivity contribution in [2.75, 3.05) is 0 Å². The fraction of sp³-hybridized carbons (Fsp3) is 0.200. The molecular formula is C10H9BrN4S. The quantitative estimate of drug-likeness (QED) is 0.866. The van der Waals surface area contributed by atoms with Gasteiger partial charge in [0.05, 0.1) is 4.47 Å². The molecule has 2 aromatic heterocycles. The lowest BCUT2D eigenvalue weighted by Crippen LogP contribution is -1.98. The zero-order valence-electron chi connectivity index (χ0n) is 8.57. The van der Waals surface area contributed by atoms with E-state index in [1.165, 1.54) is 6.33 Å². The summed E-state index contributed by atoms with van der Waals surface area (Å²) in [5.74, 6) is 0.674. The van der Waals surface area contributed by atoms with E-state index >= 15 is 0 Å². The average molecular weight is 297 g/mol. The molecule has 2 rings (SSSR count). The topological polar surface area (TPSA) is 54.5 Å². The number of hydrogen-bond acceptors (Lipinski definition) is 4. The second-order valence-electron chi connectivity index (χ2n) is 3.13. The molecule has 0 spiro atoms. The maximum atomic E-state index is 5.17. The maximum absolute atomic E-state index is 5.17. The second-order valence-corrected chi connectivity index (χ2v) is 4.31. The van der Waals surface area contributed by atoms with Crippen LogP contribution < -0.4 is 0 Å². The Morgan fingerprint density at radius 1 is 1.50 bits per heavy atom. The molecule has 0 amide bonds. The van der Waals surface area contributed by atoms with E-state index in [1.807, 2.05) is 0 Å². The standard InChI is InChI=1S/C10H9BrN4S/c1-2-6-8(11)10(16)15-9(14-6)7-3-4-12-5-13-7/h3-5H,2H2,1H3,(H,14,15,16). The molecule has 0 atom stereocenters. The molecule has 0 radical (unpaired) electrons. The smallest absolute Gasteiger partial charge is 0.158 e. The van der Waals surface area contributed by atoms with Crippen molar-refractivity contribution >= 4 is 28.1 Å². The zero-order chi connectivity index (χ0) is 11.5. The first-order valence-electron chi connectivity index (χ1n) is 4.77. The van der Waals surface area contributed by atoms with Gasteiger partial charge in [0.25, 0.3) is 0 Å². The fourth-order valence-electron chi connectivity index (χ4n) is 1.30. The summed E-state index contributed by atoms with van der Waals surface area (Å²) >= 11 is 8.59. The SMILES string of the molecule is CCc1[nH]c(-c2ccncn2)nc(=S)c1Br. The molecular weight excluding hydrogens is 288 g/mol. The van der Waals surface area contributed by atoms with Crippen molar-refractivity contribution in [3.8, 4) is 11.5 Å². The van der Waals surface area contributed by atoms with Gasteiger partial charge in [0.15, 0.2) is 5.82 Å². The Morgan fingerprint density at radius 3 is 2.94 bits per heavy atom. The third-order valence-corrected chi connectivity index (χ3v) is 3.53. The lowest BCUT2D eigenvalue weighted by molar-refractivity contribution is 0.974. The summed E-state index contributed by atoms with van der Waals surface area (Å²) in [6.07, 6.45) is 4.01. The lowest BCUT2D eigenvalue weighted by atomic mass is 10.3. The van der Waals surface area contributed by atoms with Gasteiger partial charge in [-0.05, 0) is 28.4 Å². The first kappa shape index (κ1) is 11.3. The normalized spacial score (nSPS) is 10.4. The van der Waals surface area contributed by atoms with E-state index in [2.05, 4.69) is 42.8 Å². The van der Waals surface area contributed by atoms with Crippen LogP contribution in [-0.2, 0) is 6.42 Å². The van der Waals surface area contributed by atoms with Gasteiger partial charge in [-0.1, -0.05) is 19.1 Å². The van der Waals surface area contributed by atoms with Crippen molar-refractivity contribution in [1.29, 1.82) is 0 Å². The third kappa shape index (κ3) is 2.17. The van der Waals surface area contributed by atoms with E-state index < -0.39 is 0 Å². The van der Waals surface area contributed by atoms with Crippen LogP contribution in [0.1, 0.15) is 12.6 Å². The first-order chi connectivity index (χ1) is 7.72. The summed E-state index contributed by atoms with van der Waals surface area (Å²) in [6.45, 7) is 2.05. The van der Waals surface area contributed by atoms with Crippen LogP contribution >= 0.6 is 28.1 Å². The van der Waals surface area contributed by atoms with E-state index in [4.69, 9.17) is 12.2 Å². The molecule has 0 aliphatic heterocycles. The van der Waals surface area contributed by atoms with Crippen LogP contribution in [0, 0.1) is 4.64 Å². The average Bonchev–Trinajstić information content (AvgIpc) is 2.33. The van der Waals surface area contributed by atoms with Crippen molar-refractivity contribution < 1.29 is 0 Å². The predicted molar refractivity (Wildman–Crippen MR) is 67.5 cm³/mol. The number of H-pyrrole nitrogens is 1. The van der Waals surface area contributed by atoms with Gasteiger partial charge in [-0.15, -0.1) is 0 Å². The van der Waals surface area contributed by atoms with Crippen LogP contribution in [0.15, 0.2) is 23.1 Å². The van der Waals surface area contributed by atoms with Crippen LogP contribution in [0.4, 0.5) is 0 Å².